The first-order valence-corrected chi connectivity index (χ1v) is 11.1. The second-order valence-electron chi connectivity index (χ2n) is 8.35. The van der Waals surface area contributed by atoms with E-state index in [-0.39, 0.29) is 11.8 Å². The molecule has 2 aromatic heterocycles. The van der Waals surface area contributed by atoms with Gasteiger partial charge in [0.05, 0.1) is 11.4 Å². The number of carbonyl (C=O) groups excluding carboxylic acids is 1. The highest BCUT2D eigenvalue weighted by Gasteiger charge is 2.19. The minimum absolute atomic E-state index is 0.0419. The van der Waals surface area contributed by atoms with E-state index in [4.69, 9.17) is 0 Å². The molecule has 33 heavy (non-hydrogen) atoms. The van der Waals surface area contributed by atoms with Crippen LogP contribution in [0.25, 0.3) is 16.6 Å². The number of para-hydroxylation sites is 1. The van der Waals surface area contributed by atoms with Crippen molar-refractivity contribution in [3.63, 3.8) is 0 Å². The maximum absolute atomic E-state index is 13.0. The molecule has 0 saturated carbocycles. The van der Waals surface area contributed by atoms with Crippen molar-refractivity contribution < 1.29 is 4.79 Å². The molecular weight excluding hydrogens is 408 g/mol. The summed E-state index contributed by atoms with van der Waals surface area (Å²) in [5.41, 5.74) is 7.05. The summed E-state index contributed by atoms with van der Waals surface area (Å²) in [6.45, 7) is 4.50. The summed E-state index contributed by atoms with van der Waals surface area (Å²) in [6.07, 6.45) is 2.05. The quantitative estimate of drug-likeness (QED) is 0.369. The van der Waals surface area contributed by atoms with Gasteiger partial charge in [0, 0.05) is 40.8 Å². The van der Waals surface area contributed by atoms with Crippen LogP contribution in [-0.2, 0) is 0 Å². The zero-order valence-electron chi connectivity index (χ0n) is 18.7. The fraction of sp³-hybridized carbons (Fsp3) is 0.143. The van der Waals surface area contributed by atoms with Crippen LogP contribution in [-0.4, -0.2) is 27.2 Å². The van der Waals surface area contributed by atoms with E-state index in [9.17, 15) is 4.79 Å². The maximum Gasteiger partial charge on any atom is 0.251 e. The monoisotopic (exact) mass is 434 g/mol. The van der Waals surface area contributed by atoms with Crippen molar-refractivity contribution in [2.45, 2.75) is 19.8 Å². The molecule has 0 fully saturated rings. The molecule has 5 nitrogen and oxygen atoms in total. The van der Waals surface area contributed by atoms with Crippen LogP contribution < -0.4 is 5.32 Å². The average Bonchev–Trinajstić information content (AvgIpc) is 3.42. The van der Waals surface area contributed by atoms with E-state index < -0.39 is 0 Å². The van der Waals surface area contributed by atoms with E-state index in [1.807, 2.05) is 79.2 Å². The van der Waals surface area contributed by atoms with Crippen LogP contribution in [0, 0.1) is 13.8 Å². The number of hydrogen-bond donors (Lipinski definition) is 2. The first kappa shape index (κ1) is 20.8. The Kier molecular flexibility index (Phi) is 5.53. The molecule has 2 heterocycles. The zero-order chi connectivity index (χ0) is 22.8. The van der Waals surface area contributed by atoms with E-state index in [1.165, 1.54) is 16.5 Å². The normalized spacial score (nSPS) is 12.1. The third kappa shape index (κ3) is 4.17. The fourth-order valence-corrected chi connectivity index (χ4v) is 4.42. The van der Waals surface area contributed by atoms with Crippen LogP contribution in [0.2, 0.25) is 0 Å². The molecule has 0 saturated heterocycles. The van der Waals surface area contributed by atoms with Crippen molar-refractivity contribution in [3.8, 4) is 5.69 Å². The van der Waals surface area contributed by atoms with E-state index >= 15 is 0 Å². The molecule has 5 rings (SSSR count). The van der Waals surface area contributed by atoms with Crippen molar-refractivity contribution in [3.05, 3.63) is 119 Å². The highest BCUT2D eigenvalue weighted by molar-refractivity contribution is 5.94. The molecule has 0 spiro atoms. The molecule has 0 unspecified atom stereocenters. The molecule has 0 aliphatic heterocycles. The summed E-state index contributed by atoms with van der Waals surface area (Å²) in [5, 5.41) is 8.84. The average molecular weight is 435 g/mol. The highest BCUT2D eigenvalue weighted by Crippen LogP contribution is 2.30. The number of amides is 1. The smallest absolute Gasteiger partial charge is 0.251 e. The van der Waals surface area contributed by atoms with Crippen molar-refractivity contribution in [1.29, 1.82) is 0 Å². The van der Waals surface area contributed by atoms with Crippen molar-refractivity contribution in [1.82, 2.24) is 20.1 Å². The first-order chi connectivity index (χ1) is 16.1. The van der Waals surface area contributed by atoms with Gasteiger partial charge in [-0.1, -0.05) is 48.5 Å². The van der Waals surface area contributed by atoms with Gasteiger partial charge in [-0.2, -0.15) is 5.10 Å². The third-order valence-electron chi connectivity index (χ3n) is 6.05. The fourth-order valence-electron chi connectivity index (χ4n) is 4.42. The van der Waals surface area contributed by atoms with Crippen molar-refractivity contribution >= 4 is 16.8 Å². The SMILES string of the molecule is Cc1cc(C)n(-c2ccc(C(=O)NC[C@H](c3ccccc3)c3c[nH]c4ccccc34)cc2)n1. The Balaban J connectivity index is 1.37. The summed E-state index contributed by atoms with van der Waals surface area (Å²) < 4.78 is 1.89. The molecule has 0 radical (unpaired) electrons. The molecule has 5 aromatic rings. The van der Waals surface area contributed by atoms with Gasteiger partial charge in [0.1, 0.15) is 0 Å². The van der Waals surface area contributed by atoms with Gasteiger partial charge in [-0.05, 0) is 61.4 Å². The Labute approximate surface area is 193 Å². The van der Waals surface area contributed by atoms with Gasteiger partial charge in [0.2, 0.25) is 0 Å². The molecule has 1 amide bonds. The topological polar surface area (TPSA) is 62.7 Å². The van der Waals surface area contributed by atoms with Gasteiger partial charge in [-0.3, -0.25) is 4.79 Å². The van der Waals surface area contributed by atoms with E-state index in [1.54, 1.807) is 0 Å². The Morgan fingerprint density at radius 1 is 0.970 bits per heavy atom. The standard InChI is InChI=1S/C28H26N4O/c1-19-16-20(2)32(31-19)23-14-12-22(13-15-23)28(33)30-17-25(21-8-4-3-5-9-21)26-18-29-27-11-7-6-10-24(26)27/h3-16,18,25,29H,17H2,1-2H3,(H,30,33)/t25-/m1/s1. The van der Waals surface area contributed by atoms with E-state index in [0.717, 1.165) is 22.6 Å². The predicted octanol–water partition coefficient (Wildman–Crippen LogP) is 5.53. The molecule has 0 aliphatic rings. The predicted molar refractivity (Wildman–Crippen MR) is 132 cm³/mol. The number of aryl methyl sites for hydroxylation is 2. The van der Waals surface area contributed by atoms with Crippen LogP contribution in [0.4, 0.5) is 0 Å². The van der Waals surface area contributed by atoms with Crippen LogP contribution in [0.1, 0.15) is 38.8 Å². The number of fused-ring (bicyclic) bond motifs is 1. The second-order valence-corrected chi connectivity index (χ2v) is 8.35. The summed E-state index contributed by atoms with van der Waals surface area (Å²) >= 11 is 0. The number of H-pyrrole nitrogens is 1. The Hall–Kier alpha value is -4.12. The molecule has 0 aliphatic carbocycles. The molecule has 5 heteroatoms. The van der Waals surface area contributed by atoms with Gasteiger partial charge in [-0.25, -0.2) is 4.68 Å². The first-order valence-electron chi connectivity index (χ1n) is 11.1. The summed E-state index contributed by atoms with van der Waals surface area (Å²) in [5.74, 6) is -0.0454. The van der Waals surface area contributed by atoms with Gasteiger partial charge in [-0.15, -0.1) is 0 Å². The number of nitrogens with one attached hydrogen (secondary N) is 2. The van der Waals surface area contributed by atoms with Crippen molar-refractivity contribution in [2.24, 2.45) is 0 Å². The van der Waals surface area contributed by atoms with Crippen LogP contribution in [0.5, 0.6) is 0 Å². The molecule has 3 aromatic carbocycles. The number of benzene rings is 3. The molecule has 1 atom stereocenters. The van der Waals surface area contributed by atoms with E-state index in [2.05, 4.69) is 45.9 Å². The largest absolute Gasteiger partial charge is 0.361 e. The number of hydrogen-bond acceptors (Lipinski definition) is 2. The number of nitrogens with zero attached hydrogens (tertiary/aromatic N) is 2. The third-order valence-corrected chi connectivity index (χ3v) is 6.05. The van der Waals surface area contributed by atoms with Gasteiger partial charge in [0.15, 0.2) is 0 Å². The lowest BCUT2D eigenvalue weighted by Gasteiger charge is -2.18. The number of carbonyl (C=O) groups is 1. The minimum atomic E-state index is -0.0873. The highest BCUT2D eigenvalue weighted by atomic mass is 16.1. The van der Waals surface area contributed by atoms with Crippen LogP contribution in [0.3, 0.4) is 0 Å². The van der Waals surface area contributed by atoms with Gasteiger partial charge in [0.25, 0.3) is 5.91 Å². The minimum Gasteiger partial charge on any atom is -0.361 e. The maximum atomic E-state index is 13.0. The van der Waals surface area contributed by atoms with Gasteiger partial charge >= 0.3 is 0 Å². The molecule has 0 bridgehead atoms. The lowest BCUT2D eigenvalue weighted by Crippen LogP contribution is -2.28. The Morgan fingerprint density at radius 2 is 1.70 bits per heavy atom. The zero-order valence-corrected chi connectivity index (χ0v) is 18.7. The number of aromatic nitrogens is 3. The lowest BCUT2D eigenvalue weighted by molar-refractivity contribution is 0.0952. The van der Waals surface area contributed by atoms with Crippen molar-refractivity contribution in [2.75, 3.05) is 6.54 Å². The number of rotatable bonds is 6. The van der Waals surface area contributed by atoms with Crippen LogP contribution in [0.15, 0.2) is 91.1 Å². The second kappa shape index (κ2) is 8.79. The van der Waals surface area contributed by atoms with E-state index in [0.29, 0.717) is 12.1 Å². The summed E-state index contributed by atoms with van der Waals surface area (Å²) in [7, 11) is 0. The Morgan fingerprint density at radius 3 is 2.42 bits per heavy atom. The number of aromatic amines is 1. The molecular formula is C28H26N4O. The lowest BCUT2D eigenvalue weighted by atomic mass is 9.91. The Bertz CT molecular complexity index is 1400. The summed E-state index contributed by atoms with van der Waals surface area (Å²) in [6, 6.07) is 28.2. The van der Waals surface area contributed by atoms with Gasteiger partial charge < -0.3 is 10.3 Å². The van der Waals surface area contributed by atoms with Crippen LogP contribution >= 0.6 is 0 Å². The molecule has 164 valence electrons. The molecule has 2 N–H and O–H groups in total. The summed E-state index contributed by atoms with van der Waals surface area (Å²) in [4.78, 5) is 16.4.